The van der Waals surface area contributed by atoms with Crippen molar-refractivity contribution in [1.82, 2.24) is 9.80 Å². The number of hydrogen-bond donors (Lipinski definition) is 0. The maximum Gasteiger partial charge on any atom is 0.0462 e. The van der Waals surface area contributed by atoms with Crippen molar-refractivity contribution in [2.75, 3.05) is 39.9 Å². The van der Waals surface area contributed by atoms with Gasteiger partial charge in [-0.2, -0.15) is 0 Å². The minimum atomic E-state index is 0.574. The van der Waals surface area contributed by atoms with E-state index in [0.29, 0.717) is 12.0 Å². The van der Waals surface area contributed by atoms with Gasteiger partial charge in [-0.25, -0.2) is 0 Å². The van der Waals surface area contributed by atoms with Gasteiger partial charge in [0, 0.05) is 32.8 Å². The maximum atomic E-state index is 5.23. The number of hydrogen-bond acceptors (Lipinski definition) is 3. The number of nitrogens with zero attached hydrogens (tertiary/aromatic N) is 2. The quantitative estimate of drug-likeness (QED) is 0.0950. The normalized spacial score (nSPS) is 13.8. The van der Waals surface area contributed by atoms with Gasteiger partial charge >= 0.3 is 0 Å². The first-order valence-corrected chi connectivity index (χ1v) is 16.6. The van der Waals surface area contributed by atoms with Crippen molar-refractivity contribution in [3.63, 3.8) is 0 Å². The monoisotopic (exact) mass is 523 g/mol. The fraction of sp³-hybridized carbons (Fsp3) is 0.941. The Kier molecular flexibility index (Phi) is 26.6. The van der Waals surface area contributed by atoms with E-state index < -0.39 is 0 Å². The lowest BCUT2D eigenvalue weighted by Crippen LogP contribution is -2.34. The van der Waals surface area contributed by atoms with E-state index in [2.05, 4.69) is 63.6 Å². The molecule has 0 saturated carbocycles. The lowest BCUT2D eigenvalue weighted by Gasteiger charge is -2.29. The topological polar surface area (TPSA) is 15.7 Å². The number of methoxy groups -OCH3 is 1. The van der Waals surface area contributed by atoms with Crippen LogP contribution in [0.2, 0.25) is 0 Å². The zero-order valence-electron chi connectivity index (χ0n) is 26.7. The van der Waals surface area contributed by atoms with E-state index >= 15 is 0 Å². The molecule has 0 N–H and O–H groups in total. The van der Waals surface area contributed by atoms with Crippen molar-refractivity contribution >= 4 is 0 Å². The lowest BCUT2D eigenvalue weighted by molar-refractivity contribution is 0.188. The van der Waals surface area contributed by atoms with Crippen LogP contribution in [0, 0.1) is 11.8 Å². The van der Waals surface area contributed by atoms with Gasteiger partial charge in [0.15, 0.2) is 0 Å². The second-order valence-corrected chi connectivity index (χ2v) is 12.2. The van der Waals surface area contributed by atoms with E-state index in [4.69, 9.17) is 4.74 Å². The Bertz CT molecular complexity index is 478. The SMILES string of the molecule is CCCCCCCCCCCCC(C)CN(CCCCCCOC)CCCN(/C=C\C(C)CC)C(C)C. The Balaban J connectivity index is 4.38. The lowest BCUT2D eigenvalue weighted by atomic mass is 10.0. The average molecular weight is 523 g/mol. The maximum absolute atomic E-state index is 5.23. The van der Waals surface area contributed by atoms with Crippen molar-refractivity contribution in [2.45, 2.75) is 157 Å². The third-order valence-electron chi connectivity index (χ3n) is 8.00. The van der Waals surface area contributed by atoms with Gasteiger partial charge in [0.25, 0.3) is 0 Å². The summed E-state index contributed by atoms with van der Waals surface area (Å²) < 4.78 is 5.23. The third kappa shape index (κ3) is 24.3. The van der Waals surface area contributed by atoms with Crippen LogP contribution < -0.4 is 0 Å². The zero-order chi connectivity index (χ0) is 27.6. The van der Waals surface area contributed by atoms with E-state index in [0.717, 1.165) is 12.5 Å². The molecule has 3 nitrogen and oxygen atoms in total. The van der Waals surface area contributed by atoms with Crippen molar-refractivity contribution in [3.8, 4) is 0 Å². The highest BCUT2D eigenvalue weighted by Crippen LogP contribution is 2.16. The fourth-order valence-electron chi connectivity index (χ4n) is 5.12. The Morgan fingerprint density at radius 3 is 1.81 bits per heavy atom. The van der Waals surface area contributed by atoms with Crippen LogP contribution in [0.3, 0.4) is 0 Å². The molecule has 0 aromatic rings. The van der Waals surface area contributed by atoms with Crippen LogP contribution in [0.1, 0.15) is 151 Å². The molecule has 0 heterocycles. The highest BCUT2D eigenvalue weighted by Gasteiger charge is 2.12. The number of allylic oxidation sites excluding steroid dienone is 1. The van der Waals surface area contributed by atoms with Crippen LogP contribution in [0.4, 0.5) is 0 Å². The predicted molar refractivity (Wildman–Crippen MR) is 167 cm³/mol. The van der Waals surface area contributed by atoms with Crippen LogP contribution in [0.25, 0.3) is 0 Å². The van der Waals surface area contributed by atoms with E-state index in [-0.39, 0.29) is 0 Å². The molecule has 0 aliphatic carbocycles. The summed E-state index contributed by atoms with van der Waals surface area (Å²) >= 11 is 0. The summed E-state index contributed by atoms with van der Waals surface area (Å²) in [4.78, 5) is 5.33. The molecule has 0 radical (unpaired) electrons. The summed E-state index contributed by atoms with van der Waals surface area (Å²) in [5, 5.41) is 0. The Morgan fingerprint density at radius 1 is 0.649 bits per heavy atom. The molecule has 0 bridgehead atoms. The zero-order valence-corrected chi connectivity index (χ0v) is 26.7. The predicted octanol–water partition coefficient (Wildman–Crippen LogP) is 10.1. The first-order chi connectivity index (χ1) is 17.9. The van der Waals surface area contributed by atoms with Gasteiger partial charge in [-0.15, -0.1) is 0 Å². The number of unbranched alkanes of at least 4 members (excludes halogenated alkanes) is 12. The molecule has 0 fully saturated rings. The van der Waals surface area contributed by atoms with Crippen molar-refractivity contribution < 1.29 is 4.74 Å². The van der Waals surface area contributed by atoms with Crippen molar-refractivity contribution in [3.05, 3.63) is 12.3 Å². The largest absolute Gasteiger partial charge is 0.385 e. The molecule has 2 unspecified atom stereocenters. The van der Waals surface area contributed by atoms with Gasteiger partial charge in [0.2, 0.25) is 0 Å². The molecule has 37 heavy (non-hydrogen) atoms. The van der Waals surface area contributed by atoms with Crippen molar-refractivity contribution in [2.24, 2.45) is 11.8 Å². The van der Waals surface area contributed by atoms with Gasteiger partial charge in [0.05, 0.1) is 0 Å². The molecule has 3 heteroatoms. The molecule has 0 aromatic carbocycles. The van der Waals surface area contributed by atoms with Crippen LogP contribution in [0.5, 0.6) is 0 Å². The summed E-state index contributed by atoms with van der Waals surface area (Å²) in [7, 11) is 1.82. The Labute approximate surface area is 235 Å². The van der Waals surface area contributed by atoms with Crippen LogP contribution >= 0.6 is 0 Å². The summed E-state index contributed by atoms with van der Waals surface area (Å²) in [6, 6.07) is 0.574. The average Bonchev–Trinajstić information content (AvgIpc) is 2.88. The first-order valence-electron chi connectivity index (χ1n) is 16.6. The molecular formula is C34H70N2O. The van der Waals surface area contributed by atoms with Gasteiger partial charge in [-0.1, -0.05) is 117 Å². The second-order valence-electron chi connectivity index (χ2n) is 12.2. The Hall–Kier alpha value is -0.540. The molecule has 2 atom stereocenters. The molecule has 0 rings (SSSR count). The number of rotatable bonds is 28. The van der Waals surface area contributed by atoms with Crippen LogP contribution in [-0.2, 0) is 4.74 Å². The van der Waals surface area contributed by atoms with Gasteiger partial charge in [0.1, 0.15) is 0 Å². The van der Waals surface area contributed by atoms with Crippen LogP contribution in [-0.4, -0.2) is 55.7 Å². The molecule has 0 aliphatic heterocycles. The number of ether oxygens (including phenoxy) is 1. The minimum Gasteiger partial charge on any atom is -0.385 e. The second kappa shape index (κ2) is 27.0. The van der Waals surface area contributed by atoms with Gasteiger partial charge in [-0.05, 0) is 70.7 Å². The summed E-state index contributed by atoms with van der Waals surface area (Å²) in [6.07, 6.45) is 28.2. The summed E-state index contributed by atoms with van der Waals surface area (Å²) in [5.74, 6) is 1.48. The highest BCUT2D eigenvalue weighted by molar-refractivity contribution is 4.88. The molecule has 0 aliphatic rings. The van der Waals surface area contributed by atoms with E-state index in [1.807, 2.05) is 7.11 Å². The molecule has 0 amide bonds. The fourth-order valence-corrected chi connectivity index (χ4v) is 5.12. The summed E-state index contributed by atoms with van der Waals surface area (Å²) in [6.45, 7) is 19.9. The minimum absolute atomic E-state index is 0.574. The van der Waals surface area contributed by atoms with E-state index in [9.17, 15) is 0 Å². The standard InChI is InChI=1S/C34H70N2O/c1-8-10-11-12-13-14-15-16-17-20-24-34(6)31-35(26-21-18-19-22-30-37-7)27-23-28-36(32(3)4)29-25-33(5)9-2/h25,29,32-34H,8-24,26-28,30-31H2,1-7H3/b29-25-. The highest BCUT2D eigenvalue weighted by atomic mass is 16.5. The van der Waals surface area contributed by atoms with Gasteiger partial charge < -0.3 is 14.5 Å². The summed E-state index contributed by atoms with van der Waals surface area (Å²) in [5.41, 5.74) is 0. The molecule has 0 spiro atoms. The molecule has 222 valence electrons. The Morgan fingerprint density at radius 2 is 1.22 bits per heavy atom. The smallest absolute Gasteiger partial charge is 0.0462 e. The van der Waals surface area contributed by atoms with Crippen LogP contribution in [0.15, 0.2) is 12.3 Å². The van der Waals surface area contributed by atoms with Gasteiger partial charge in [-0.3, -0.25) is 0 Å². The molecule has 0 aromatic heterocycles. The van der Waals surface area contributed by atoms with Crippen molar-refractivity contribution in [1.29, 1.82) is 0 Å². The molecule has 0 saturated heterocycles. The third-order valence-corrected chi connectivity index (χ3v) is 8.00. The first kappa shape index (κ1) is 36.5. The van der Waals surface area contributed by atoms with E-state index in [1.165, 1.54) is 135 Å². The van der Waals surface area contributed by atoms with E-state index in [1.54, 1.807) is 0 Å². The molecular weight excluding hydrogens is 452 g/mol.